The summed E-state index contributed by atoms with van der Waals surface area (Å²) >= 11 is 0. The Hall–Kier alpha value is -2.02. The highest BCUT2D eigenvalue weighted by Crippen LogP contribution is 2.24. The van der Waals surface area contributed by atoms with Crippen LogP contribution in [0.25, 0.3) is 10.9 Å². The van der Waals surface area contributed by atoms with Crippen molar-refractivity contribution in [3.05, 3.63) is 23.9 Å². The van der Waals surface area contributed by atoms with Crippen molar-refractivity contribution in [1.29, 1.82) is 5.26 Å². The van der Waals surface area contributed by atoms with Crippen LogP contribution in [0.3, 0.4) is 0 Å². The number of nitrogens with one attached hydrogen (secondary N) is 1. The molecule has 2 aromatic rings. The topological polar surface area (TPSA) is 61.7 Å². The molecule has 0 aliphatic heterocycles. The van der Waals surface area contributed by atoms with E-state index in [1.807, 2.05) is 0 Å². The lowest BCUT2D eigenvalue weighted by atomic mass is 10.1. The predicted molar refractivity (Wildman–Crippen MR) is 47.4 cm³/mol. The Balaban J connectivity index is 2.79. The fraction of sp³-hybridized carbons (Fsp3) is 0.111. The van der Waals surface area contributed by atoms with Crippen molar-refractivity contribution in [2.24, 2.45) is 0 Å². The zero-order valence-electron chi connectivity index (χ0n) is 7.03. The maximum Gasteiger partial charge on any atom is 0.145 e. The number of H-pyrrole nitrogens is 1. The van der Waals surface area contributed by atoms with Gasteiger partial charge in [0, 0.05) is 11.5 Å². The number of hydrogen-bond donors (Lipinski definition) is 1. The Morgan fingerprint density at radius 1 is 1.54 bits per heavy atom. The van der Waals surface area contributed by atoms with Crippen LogP contribution < -0.4 is 4.74 Å². The Labute approximate surface area is 74.7 Å². The molecule has 0 aliphatic rings. The van der Waals surface area contributed by atoms with E-state index in [4.69, 9.17) is 10.00 Å². The van der Waals surface area contributed by atoms with E-state index in [1.54, 1.807) is 25.4 Å². The average molecular weight is 173 g/mol. The lowest BCUT2D eigenvalue weighted by molar-refractivity contribution is 0.418. The summed E-state index contributed by atoms with van der Waals surface area (Å²) < 4.78 is 5.11. The van der Waals surface area contributed by atoms with Crippen molar-refractivity contribution >= 4 is 10.9 Å². The number of hydrogen-bond acceptors (Lipinski definition) is 3. The molecule has 1 N–H and O–H groups in total. The van der Waals surface area contributed by atoms with Crippen molar-refractivity contribution in [3.63, 3.8) is 0 Å². The summed E-state index contributed by atoms with van der Waals surface area (Å²) in [5.74, 6) is 0.645. The van der Waals surface area contributed by atoms with Crippen LogP contribution in [0.15, 0.2) is 18.3 Å². The third kappa shape index (κ3) is 1.11. The monoisotopic (exact) mass is 173 g/mol. The summed E-state index contributed by atoms with van der Waals surface area (Å²) in [5, 5.41) is 16.3. The van der Waals surface area contributed by atoms with E-state index >= 15 is 0 Å². The molecule has 1 aromatic heterocycles. The molecule has 0 saturated heterocycles. The van der Waals surface area contributed by atoms with E-state index in [-0.39, 0.29) is 0 Å². The maximum absolute atomic E-state index is 8.72. The molecular formula is C9H7N3O. The van der Waals surface area contributed by atoms with Crippen LogP contribution in [-0.4, -0.2) is 17.3 Å². The first-order valence-corrected chi connectivity index (χ1v) is 3.76. The molecule has 2 rings (SSSR count). The van der Waals surface area contributed by atoms with Gasteiger partial charge >= 0.3 is 0 Å². The smallest absolute Gasteiger partial charge is 0.145 e. The molecule has 0 atom stereocenters. The van der Waals surface area contributed by atoms with Gasteiger partial charge in [0.15, 0.2) is 0 Å². The van der Waals surface area contributed by atoms with E-state index in [1.165, 1.54) is 0 Å². The first-order chi connectivity index (χ1) is 6.35. The number of aromatic nitrogens is 2. The fourth-order valence-corrected chi connectivity index (χ4v) is 1.25. The molecule has 0 saturated carbocycles. The van der Waals surface area contributed by atoms with E-state index in [0.717, 1.165) is 10.9 Å². The van der Waals surface area contributed by atoms with Gasteiger partial charge < -0.3 is 4.74 Å². The highest BCUT2D eigenvalue weighted by Gasteiger charge is 2.05. The van der Waals surface area contributed by atoms with Gasteiger partial charge in [0.25, 0.3) is 0 Å². The second-order valence-corrected chi connectivity index (χ2v) is 2.62. The standard InChI is InChI=1S/C9H7N3O/c1-13-8-3-6(4-10)2-7-5-11-12-9(7)8/h2-3,5H,1H3,(H,11,12). The lowest BCUT2D eigenvalue weighted by Crippen LogP contribution is -1.86. The summed E-state index contributed by atoms with van der Waals surface area (Å²) in [6.07, 6.45) is 1.67. The molecule has 1 heterocycles. The number of benzene rings is 1. The highest BCUT2D eigenvalue weighted by atomic mass is 16.5. The minimum absolute atomic E-state index is 0.575. The van der Waals surface area contributed by atoms with Gasteiger partial charge in [0.05, 0.1) is 24.9 Å². The van der Waals surface area contributed by atoms with Crippen molar-refractivity contribution in [2.45, 2.75) is 0 Å². The van der Waals surface area contributed by atoms with Crippen LogP contribution in [0, 0.1) is 11.3 Å². The van der Waals surface area contributed by atoms with Gasteiger partial charge in [-0.25, -0.2) is 0 Å². The van der Waals surface area contributed by atoms with Gasteiger partial charge in [-0.15, -0.1) is 0 Å². The molecule has 1 aromatic carbocycles. The summed E-state index contributed by atoms with van der Waals surface area (Å²) in [7, 11) is 1.57. The number of nitriles is 1. The molecule has 0 unspecified atom stereocenters. The van der Waals surface area contributed by atoms with E-state index < -0.39 is 0 Å². The largest absolute Gasteiger partial charge is 0.494 e. The van der Waals surface area contributed by atoms with E-state index in [0.29, 0.717) is 11.3 Å². The molecule has 0 aliphatic carbocycles. The van der Waals surface area contributed by atoms with Crippen LogP contribution in [0.5, 0.6) is 5.75 Å². The van der Waals surface area contributed by atoms with Gasteiger partial charge in [-0.3, -0.25) is 5.10 Å². The van der Waals surface area contributed by atoms with E-state index in [9.17, 15) is 0 Å². The van der Waals surface area contributed by atoms with Gasteiger partial charge in [0.1, 0.15) is 11.3 Å². The average Bonchev–Trinajstić information content (AvgIpc) is 2.63. The molecule has 64 valence electrons. The van der Waals surface area contributed by atoms with Crippen molar-refractivity contribution in [2.75, 3.05) is 7.11 Å². The van der Waals surface area contributed by atoms with E-state index in [2.05, 4.69) is 16.3 Å². The van der Waals surface area contributed by atoms with Crippen LogP contribution in [0.2, 0.25) is 0 Å². The minimum atomic E-state index is 0.575. The SMILES string of the molecule is COc1cc(C#N)cc2cn[nH]c12. The van der Waals surface area contributed by atoms with Gasteiger partial charge in [-0.05, 0) is 6.07 Å². The number of rotatable bonds is 1. The molecule has 0 amide bonds. The Bertz CT molecular complexity index is 481. The predicted octanol–water partition coefficient (Wildman–Crippen LogP) is 1.44. The molecule has 13 heavy (non-hydrogen) atoms. The minimum Gasteiger partial charge on any atom is -0.494 e. The number of fused-ring (bicyclic) bond motifs is 1. The van der Waals surface area contributed by atoms with Crippen molar-refractivity contribution < 1.29 is 4.74 Å². The quantitative estimate of drug-likeness (QED) is 0.709. The molecule has 0 fully saturated rings. The summed E-state index contributed by atoms with van der Waals surface area (Å²) in [6, 6.07) is 5.51. The lowest BCUT2D eigenvalue weighted by Gasteiger charge is -2.00. The second-order valence-electron chi connectivity index (χ2n) is 2.62. The van der Waals surface area contributed by atoms with Gasteiger partial charge in [-0.2, -0.15) is 10.4 Å². The third-order valence-electron chi connectivity index (χ3n) is 1.86. The van der Waals surface area contributed by atoms with Crippen molar-refractivity contribution in [3.8, 4) is 11.8 Å². The second kappa shape index (κ2) is 2.79. The van der Waals surface area contributed by atoms with Crippen LogP contribution in [0.1, 0.15) is 5.56 Å². The number of nitrogens with zero attached hydrogens (tertiary/aromatic N) is 2. The maximum atomic E-state index is 8.72. The zero-order chi connectivity index (χ0) is 9.26. The molecule has 0 spiro atoms. The molecule has 0 radical (unpaired) electrons. The molecule has 0 bridgehead atoms. The normalized spacial score (nSPS) is 9.85. The van der Waals surface area contributed by atoms with Gasteiger partial charge in [0.2, 0.25) is 0 Å². The summed E-state index contributed by atoms with van der Waals surface area (Å²) in [5.41, 5.74) is 1.40. The fourth-order valence-electron chi connectivity index (χ4n) is 1.25. The van der Waals surface area contributed by atoms with Crippen LogP contribution in [-0.2, 0) is 0 Å². The molecular weight excluding hydrogens is 166 g/mol. The molecule has 4 nitrogen and oxygen atoms in total. The Morgan fingerprint density at radius 2 is 2.38 bits per heavy atom. The zero-order valence-corrected chi connectivity index (χ0v) is 7.03. The number of ether oxygens (including phenoxy) is 1. The number of aromatic amines is 1. The van der Waals surface area contributed by atoms with Gasteiger partial charge in [-0.1, -0.05) is 0 Å². The Kier molecular flexibility index (Phi) is 1.64. The van der Waals surface area contributed by atoms with Crippen molar-refractivity contribution in [1.82, 2.24) is 10.2 Å². The molecule has 4 heteroatoms. The first kappa shape index (κ1) is 7.62. The van der Waals surface area contributed by atoms with Crippen LogP contribution in [0.4, 0.5) is 0 Å². The summed E-state index contributed by atoms with van der Waals surface area (Å²) in [4.78, 5) is 0. The summed E-state index contributed by atoms with van der Waals surface area (Å²) in [6.45, 7) is 0. The first-order valence-electron chi connectivity index (χ1n) is 3.76. The Morgan fingerprint density at radius 3 is 3.08 bits per heavy atom. The third-order valence-corrected chi connectivity index (χ3v) is 1.86. The number of methoxy groups -OCH3 is 1. The van der Waals surface area contributed by atoms with Crippen LogP contribution >= 0.6 is 0 Å². The highest BCUT2D eigenvalue weighted by molar-refractivity contribution is 5.85.